The predicted octanol–water partition coefficient (Wildman–Crippen LogP) is -2.40. The van der Waals surface area contributed by atoms with Gasteiger partial charge in [-0.3, -0.25) is 57.5 Å². The normalized spacial score (nSPS) is 26.5. The summed E-state index contributed by atoms with van der Waals surface area (Å²) in [6, 6.07) is 4.59. The van der Waals surface area contributed by atoms with Crippen LogP contribution in [-0.2, 0) is 89.3 Å². The lowest BCUT2D eigenvalue weighted by atomic mass is 9.94. The minimum Gasteiger partial charge on any atom is -0.463 e. The number of hydrogen-bond donors (Lipinski definition) is 10. The largest absolute Gasteiger partial charge is 0.463 e. The van der Waals surface area contributed by atoms with Crippen molar-refractivity contribution in [3.63, 3.8) is 0 Å². The number of H-pyrrole nitrogens is 1. The van der Waals surface area contributed by atoms with Crippen LogP contribution in [0.25, 0.3) is 10.9 Å². The molecule has 77 heavy (non-hydrogen) atoms. The van der Waals surface area contributed by atoms with Gasteiger partial charge in [-0.05, 0) is 29.5 Å². The Bertz CT molecular complexity index is 2730. The molecule has 4 heterocycles. The third-order valence-corrected chi connectivity index (χ3v) is 12.6. The molecule has 2 bridgehead atoms. The number of hydrogen-bond acceptors (Lipinski definition) is 16. The van der Waals surface area contributed by atoms with Gasteiger partial charge in [0.15, 0.2) is 18.4 Å². The van der Waals surface area contributed by atoms with Crippen LogP contribution in [0.5, 0.6) is 0 Å². The molecular weight excluding hydrogens is 1010 g/mol. The van der Waals surface area contributed by atoms with E-state index in [9.17, 15) is 57.5 Å². The van der Waals surface area contributed by atoms with Gasteiger partial charge in [0.2, 0.25) is 53.2 Å². The van der Waals surface area contributed by atoms with E-state index in [4.69, 9.17) is 18.9 Å². The Morgan fingerprint density at radius 3 is 1.88 bits per heavy atom. The number of benzene rings is 2. The SMILES string of the molecule is CC(=O)N[C@@H]1[C@@H](OC(C)=O)[C@H](OC(C)=O)[C@@H](COC(C)=O)O[C@H]1NC(=O)C[C@@H]1NC(=O)[C@H](CC(C)C)NC(=O)[C@H]2CNC(=O)C[C@H](NC1=O)C(=O)N[C@@H](Cc1c[nH]c3ccccc13)C(=O)N[C@@H](Cc1ccccc1)C(=O)N2. The summed E-state index contributed by atoms with van der Waals surface area (Å²) in [4.78, 5) is 168. The zero-order valence-corrected chi connectivity index (χ0v) is 43.2. The van der Waals surface area contributed by atoms with E-state index in [0.717, 1.165) is 27.7 Å². The number of amides is 9. The van der Waals surface area contributed by atoms with Gasteiger partial charge in [-0.25, -0.2) is 0 Å². The van der Waals surface area contributed by atoms with Gasteiger partial charge in [-0.2, -0.15) is 0 Å². The van der Waals surface area contributed by atoms with Crippen LogP contribution in [0.15, 0.2) is 60.8 Å². The van der Waals surface area contributed by atoms with E-state index in [0.29, 0.717) is 22.0 Å². The Morgan fingerprint density at radius 2 is 1.21 bits per heavy atom. The number of aromatic amines is 1. The predicted molar refractivity (Wildman–Crippen MR) is 268 cm³/mol. The molecule has 3 saturated heterocycles. The number of aromatic nitrogens is 1. The van der Waals surface area contributed by atoms with Gasteiger partial charge >= 0.3 is 17.9 Å². The lowest BCUT2D eigenvalue weighted by molar-refractivity contribution is -0.228. The summed E-state index contributed by atoms with van der Waals surface area (Å²) in [5.41, 5.74) is 1.88. The van der Waals surface area contributed by atoms with Gasteiger partial charge in [0.1, 0.15) is 55.0 Å². The molecule has 0 saturated carbocycles. The number of fused-ring (bicyclic) bond motifs is 6. The molecule has 0 unspecified atom stereocenters. The fraction of sp³-hybridized carbons (Fsp3) is 0.490. The van der Waals surface area contributed by atoms with Crippen LogP contribution in [0, 0.1) is 5.92 Å². The average Bonchev–Trinajstić information content (AvgIpc) is 3.77. The molecule has 0 spiro atoms. The maximum Gasteiger partial charge on any atom is 0.303 e. The molecule has 10 N–H and O–H groups in total. The van der Waals surface area contributed by atoms with Crippen LogP contribution in [-0.4, -0.2) is 156 Å². The molecule has 3 fully saturated rings. The topological polar surface area (TPSA) is 366 Å². The van der Waals surface area contributed by atoms with E-state index < -0.39 is 164 Å². The molecule has 3 aliphatic heterocycles. The van der Waals surface area contributed by atoms with Crippen molar-refractivity contribution in [2.24, 2.45) is 5.92 Å². The highest BCUT2D eigenvalue weighted by molar-refractivity contribution is 6.01. The molecule has 414 valence electrons. The van der Waals surface area contributed by atoms with E-state index in [1.165, 1.54) is 0 Å². The number of esters is 3. The van der Waals surface area contributed by atoms with Crippen LogP contribution < -0.4 is 47.9 Å². The number of para-hydroxylation sites is 1. The first-order valence-electron chi connectivity index (χ1n) is 24.9. The van der Waals surface area contributed by atoms with Gasteiger partial charge in [-0.1, -0.05) is 62.4 Å². The highest BCUT2D eigenvalue weighted by atomic mass is 16.6. The van der Waals surface area contributed by atoms with Crippen molar-refractivity contribution >= 4 is 82.0 Å². The van der Waals surface area contributed by atoms with Crippen LogP contribution in [0.3, 0.4) is 0 Å². The Morgan fingerprint density at radius 1 is 0.636 bits per heavy atom. The molecule has 26 nitrogen and oxygen atoms in total. The molecule has 26 heteroatoms. The molecule has 3 aliphatic rings. The summed E-state index contributed by atoms with van der Waals surface area (Å²) in [5.74, 6) is -11.6. The second kappa shape index (κ2) is 26.4. The highest BCUT2D eigenvalue weighted by Crippen LogP contribution is 2.27. The molecule has 3 aromatic rings. The van der Waals surface area contributed by atoms with Crippen molar-refractivity contribution in [3.05, 3.63) is 71.9 Å². The van der Waals surface area contributed by atoms with Gasteiger partial charge in [0.05, 0.1) is 12.8 Å². The first kappa shape index (κ1) is 57.9. The molecule has 0 aliphatic carbocycles. The lowest BCUT2D eigenvalue weighted by Gasteiger charge is -2.45. The van der Waals surface area contributed by atoms with Crippen LogP contribution in [0.4, 0.5) is 0 Å². The van der Waals surface area contributed by atoms with Crippen molar-refractivity contribution in [2.75, 3.05) is 13.2 Å². The third-order valence-electron chi connectivity index (χ3n) is 12.6. The summed E-state index contributed by atoms with van der Waals surface area (Å²) in [6.45, 7) is 6.49. The van der Waals surface area contributed by atoms with Gasteiger partial charge in [0.25, 0.3) is 0 Å². The minimum atomic E-state index is -1.94. The maximum atomic E-state index is 14.7. The first-order chi connectivity index (χ1) is 36.5. The summed E-state index contributed by atoms with van der Waals surface area (Å²) in [5, 5.41) is 23.8. The third kappa shape index (κ3) is 16.3. The molecular formula is C51H64N10O16. The summed E-state index contributed by atoms with van der Waals surface area (Å²) in [7, 11) is 0. The monoisotopic (exact) mass is 1070 g/mol. The quantitative estimate of drug-likeness (QED) is 0.0595. The molecule has 1 aromatic heterocycles. The second-order valence-corrected chi connectivity index (χ2v) is 19.3. The van der Waals surface area contributed by atoms with Gasteiger partial charge < -0.3 is 71.8 Å². The van der Waals surface area contributed by atoms with Crippen LogP contribution in [0.2, 0.25) is 0 Å². The highest BCUT2D eigenvalue weighted by Gasteiger charge is 2.51. The Balaban J connectivity index is 1.39. The van der Waals surface area contributed by atoms with E-state index >= 15 is 0 Å². The van der Waals surface area contributed by atoms with Gasteiger partial charge in [0, 0.05) is 64.2 Å². The Labute approximate surface area is 441 Å². The van der Waals surface area contributed by atoms with Crippen LogP contribution in [0.1, 0.15) is 71.9 Å². The lowest BCUT2D eigenvalue weighted by Crippen LogP contribution is -2.69. The number of rotatable bonds is 14. The molecule has 2 aromatic carbocycles. The molecule has 6 rings (SSSR count). The number of nitrogens with one attached hydrogen (secondary N) is 10. The fourth-order valence-corrected chi connectivity index (χ4v) is 9.08. The number of ether oxygens (including phenoxy) is 4. The zero-order valence-electron chi connectivity index (χ0n) is 43.2. The van der Waals surface area contributed by atoms with Crippen molar-refractivity contribution in [1.82, 2.24) is 52.8 Å². The number of carbonyl (C=O) groups is 12. The van der Waals surface area contributed by atoms with Crippen molar-refractivity contribution in [3.8, 4) is 0 Å². The summed E-state index contributed by atoms with van der Waals surface area (Å²) < 4.78 is 22.1. The fourth-order valence-electron chi connectivity index (χ4n) is 9.08. The molecule has 11 atom stereocenters. The standard InChI is InChI=1S/C51H64N10O16/c1-24(2)16-33-45(68)59-37(20-41(67)61-51-42(54-25(3)62)44(76-28(6)65)43(75-27(5)64)39(77-51)23-74-26(4)63)49(72)58-36-19-40(66)53-22-38(50(73)55-33)60-46(69)34(17-29-12-8-7-9-13-29)56-47(70)35(57-48(36)71)18-30-21-52-32-15-11-10-14-31(30)32/h7-15,21,24,33-39,42-44,51-52H,16-20,22-23H2,1-6H3,(H,53,66)(H,54,62)(H,55,73)(H,56,70)(H,57,71)(H,58,72)(H,59,68)(H,60,69)(H,61,67)/t33-,34-,35-,36-,37-,38+,39+,42+,43+,44+,51+/m0/s1. The molecule has 0 radical (unpaired) electrons. The zero-order chi connectivity index (χ0) is 56.1. The smallest absolute Gasteiger partial charge is 0.303 e. The number of carbonyl (C=O) groups excluding carboxylic acids is 12. The Hall–Kier alpha value is -8.42. The minimum absolute atomic E-state index is 0.0697. The van der Waals surface area contributed by atoms with Crippen molar-refractivity contribution in [1.29, 1.82) is 0 Å². The second-order valence-electron chi connectivity index (χ2n) is 19.3. The van der Waals surface area contributed by atoms with Gasteiger partial charge in [-0.15, -0.1) is 0 Å². The Kier molecular flexibility index (Phi) is 19.8. The maximum absolute atomic E-state index is 14.7. The van der Waals surface area contributed by atoms with Crippen molar-refractivity contribution in [2.45, 2.75) is 140 Å². The first-order valence-corrected chi connectivity index (χ1v) is 24.9. The van der Waals surface area contributed by atoms with E-state index in [1.807, 2.05) is 0 Å². The van der Waals surface area contributed by atoms with E-state index in [2.05, 4.69) is 52.8 Å². The van der Waals surface area contributed by atoms with Crippen LogP contribution >= 0.6 is 0 Å². The van der Waals surface area contributed by atoms with Crippen molar-refractivity contribution < 1.29 is 76.5 Å². The molecule has 9 amide bonds. The van der Waals surface area contributed by atoms with E-state index in [1.54, 1.807) is 74.6 Å². The summed E-state index contributed by atoms with van der Waals surface area (Å²) >= 11 is 0. The van der Waals surface area contributed by atoms with E-state index in [-0.39, 0.29) is 25.2 Å². The average molecular weight is 1070 g/mol. The summed E-state index contributed by atoms with van der Waals surface area (Å²) in [6.07, 6.45) is -6.78.